The Labute approximate surface area is 122 Å². The van der Waals surface area contributed by atoms with E-state index < -0.39 is 0 Å². The molecule has 1 aromatic rings. The van der Waals surface area contributed by atoms with Gasteiger partial charge in [0.15, 0.2) is 0 Å². The minimum atomic E-state index is 0.140. The molecule has 0 heterocycles. The fourth-order valence-electron chi connectivity index (χ4n) is 2.95. The number of hydrogen-bond donors (Lipinski definition) is 2. The first-order valence-electron chi connectivity index (χ1n) is 7.84. The van der Waals surface area contributed by atoms with Crippen LogP contribution in [0, 0.1) is 0 Å². The van der Waals surface area contributed by atoms with Crippen molar-refractivity contribution in [1.29, 1.82) is 0 Å². The van der Waals surface area contributed by atoms with Crippen LogP contribution < -0.4 is 10.6 Å². The molecule has 0 aliphatic heterocycles. The number of rotatable bonds is 6. The van der Waals surface area contributed by atoms with E-state index in [4.69, 9.17) is 0 Å². The average Bonchev–Trinajstić information content (AvgIpc) is 2.49. The molecule has 1 aliphatic rings. The SMILES string of the molecule is CCCNCC(=O)NC1CCC(c2ccccc2)CC1. The molecule has 0 spiro atoms. The van der Waals surface area contributed by atoms with Crippen LogP contribution in [-0.2, 0) is 4.79 Å². The van der Waals surface area contributed by atoms with Gasteiger partial charge in [-0.25, -0.2) is 0 Å². The lowest BCUT2D eigenvalue weighted by atomic mass is 9.82. The van der Waals surface area contributed by atoms with Gasteiger partial charge in [-0.3, -0.25) is 4.79 Å². The second kappa shape index (κ2) is 8.05. The van der Waals surface area contributed by atoms with Crippen LogP contribution in [0.2, 0.25) is 0 Å². The highest BCUT2D eigenvalue weighted by molar-refractivity contribution is 5.78. The lowest BCUT2D eigenvalue weighted by Gasteiger charge is -2.29. The van der Waals surface area contributed by atoms with E-state index in [9.17, 15) is 4.79 Å². The second-order valence-electron chi connectivity index (χ2n) is 5.70. The van der Waals surface area contributed by atoms with Crippen LogP contribution >= 0.6 is 0 Å². The van der Waals surface area contributed by atoms with E-state index in [0.717, 1.165) is 25.8 Å². The highest BCUT2D eigenvalue weighted by Crippen LogP contribution is 2.32. The van der Waals surface area contributed by atoms with E-state index in [1.165, 1.54) is 18.4 Å². The van der Waals surface area contributed by atoms with Crippen molar-refractivity contribution in [2.24, 2.45) is 0 Å². The number of benzene rings is 1. The molecule has 0 saturated heterocycles. The molecule has 0 radical (unpaired) electrons. The van der Waals surface area contributed by atoms with E-state index in [2.05, 4.69) is 47.9 Å². The monoisotopic (exact) mass is 274 g/mol. The molecule has 1 amide bonds. The van der Waals surface area contributed by atoms with Crippen molar-refractivity contribution in [2.45, 2.75) is 51.0 Å². The van der Waals surface area contributed by atoms with Gasteiger partial charge in [-0.05, 0) is 50.1 Å². The molecule has 110 valence electrons. The van der Waals surface area contributed by atoms with Crippen molar-refractivity contribution in [1.82, 2.24) is 10.6 Å². The second-order valence-corrected chi connectivity index (χ2v) is 5.70. The largest absolute Gasteiger partial charge is 0.352 e. The molecule has 0 atom stereocenters. The van der Waals surface area contributed by atoms with Crippen LogP contribution in [0.5, 0.6) is 0 Å². The number of carbonyl (C=O) groups excluding carboxylic acids is 1. The first-order chi connectivity index (χ1) is 9.79. The fourth-order valence-corrected chi connectivity index (χ4v) is 2.95. The minimum Gasteiger partial charge on any atom is -0.352 e. The normalized spacial score (nSPS) is 22.4. The van der Waals surface area contributed by atoms with E-state index in [-0.39, 0.29) is 5.91 Å². The summed E-state index contributed by atoms with van der Waals surface area (Å²) in [6, 6.07) is 11.1. The number of nitrogens with one attached hydrogen (secondary N) is 2. The number of hydrogen-bond acceptors (Lipinski definition) is 2. The topological polar surface area (TPSA) is 41.1 Å². The Morgan fingerprint density at radius 3 is 2.50 bits per heavy atom. The molecule has 1 fully saturated rings. The Morgan fingerprint density at radius 1 is 1.15 bits per heavy atom. The maximum absolute atomic E-state index is 11.8. The van der Waals surface area contributed by atoms with Gasteiger partial charge in [0.1, 0.15) is 0 Å². The predicted molar refractivity (Wildman–Crippen MR) is 82.7 cm³/mol. The summed E-state index contributed by atoms with van der Waals surface area (Å²) in [5.74, 6) is 0.809. The molecule has 1 aromatic carbocycles. The van der Waals surface area contributed by atoms with Gasteiger partial charge in [-0.2, -0.15) is 0 Å². The highest BCUT2D eigenvalue weighted by atomic mass is 16.1. The van der Waals surface area contributed by atoms with Crippen LogP contribution in [0.15, 0.2) is 30.3 Å². The Balaban J connectivity index is 1.70. The third-order valence-corrected chi connectivity index (χ3v) is 4.08. The van der Waals surface area contributed by atoms with E-state index in [1.54, 1.807) is 0 Å². The summed E-state index contributed by atoms with van der Waals surface area (Å²) >= 11 is 0. The molecule has 1 aliphatic carbocycles. The highest BCUT2D eigenvalue weighted by Gasteiger charge is 2.23. The third-order valence-electron chi connectivity index (χ3n) is 4.08. The molecule has 2 rings (SSSR count). The number of carbonyl (C=O) groups is 1. The zero-order valence-electron chi connectivity index (χ0n) is 12.4. The summed E-state index contributed by atoms with van der Waals surface area (Å²) < 4.78 is 0. The summed E-state index contributed by atoms with van der Waals surface area (Å²) in [7, 11) is 0. The van der Waals surface area contributed by atoms with Gasteiger partial charge in [-0.1, -0.05) is 37.3 Å². The fraction of sp³-hybridized carbons (Fsp3) is 0.588. The van der Waals surface area contributed by atoms with Gasteiger partial charge in [0.25, 0.3) is 0 Å². The van der Waals surface area contributed by atoms with Gasteiger partial charge in [-0.15, -0.1) is 0 Å². The molecule has 3 heteroatoms. The molecule has 0 aromatic heterocycles. The van der Waals surface area contributed by atoms with Crippen molar-refractivity contribution in [3.8, 4) is 0 Å². The van der Waals surface area contributed by atoms with Crippen LogP contribution in [0.25, 0.3) is 0 Å². The summed E-state index contributed by atoms with van der Waals surface area (Å²) in [5.41, 5.74) is 1.45. The van der Waals surface area contributed by atoms with Crippen molar-refractivity contribution >= 4 is 5.91 Å². The zero-order chi connectivity index (χ0) is 14.2. The summed E-state index contributed by atoms with van der Waals surface area (Å²) in [6.45, 7) is 3.47. The average molecular weight is 274 g/mol. The smallest absolute Gasteiger partial charge is 0.234 e. The molecular weight excluding hydrogens is 248 g/mol. The van der Waals surface area contributed by atoms with Crippen LogP contribution in [0.1, 0.15) is 50.5 Å². The van der Waals surface area contributed by atoms with E-state index >= 15 is 0 Å². The summed E-state index contributed by atoms with van der Waals surface area (Å²) in [6.07, 6.45) is 5.61. The Morgan fingerprint density at radius 2 is 1.85 bits per heavy atom. The molecular formula is C17H26N2O. The summed E-state index contributed by atoms with van der Waals surface area (Å²) in [4.78, 5) is 11.8. The molecule has 0 unspecified atom stereocenters. The quantitative estimate of drug-likeness (QED) is 0.783. The Hall–Kier alpha value is -1.35. The van der Waals surface area contributed by atoms with Crippen molar-refractivity contribution in [3.63, 3.8) is 0 Å². The van der Waals surface area contributed by atoms with Gasteiger partial charge in [0.05, 0.1) is 6.54 Å². The number of amides is 1. The van der Waals surface area contributed by atoms with Crippen molar-refractivity contribution < 1.29 is 4.79 Å². The van der Waals surface area contributed by atoms with Gasteiger partial charge in [0, 0.05) is 6.04 Å². The van der Waals surface area contributed by atoms with Crippen LogP contribution in [0.4, 0.5) is 0 Å². The maximum Gasteiger partial charge on any atom is 0.234 e. The minimum absolute atomic E-state index is 0.140. The Kier molecular flexibility index (Phi) is 6.06. The standard InChI is InChI=1S/C17H26N2O/c1-2-12-18-13-17(20)19-16-10-8-15(9-11-16)14-6-4-3-5-7-14/h3-7,15-16,18H,2,8-13H2,1H3,(H,19,20). The molecule has 0 bridgehead atoms. The van der Waals surface area contributed by atoms with Crippen molar-refractivity contribution in [3.05, 3.63) is 35.9 Å². The molecule has 2 N–H and O–H groups in total. The van der Waals surface area contributed by atoms with Gasteiger partial charge in [0.2, 0.25) is 5.91 Å². The van der Waals surface area contributed by atoms with Crippen LogP contribution in [-0.4, -0.2) is 25.0 Å². The van der Waals surface area contributed by atoms with Crippen molar-refractivity contribution in [2.75, 3.05) is 13.1 Å². The van der Waals surface area contributed by atoms with Crippen LogP contribution in [0.3, 0.4) is 0 Å². The lowest BCUT2D eigenvalue weighted by molar-refractivity contribution is -0.121. The third kappa shape index (κ3) is 4.64. The lowest BCUT2D eigenvalue weighted by Crippen LogP contribution is -2.42. The van der Waals surface area contributed by atoms with E-state index in [1.807, 2.05) is 0 Å². The Bertz CT molecular complexity index is 397. The molecule has 3 nitrogen and oxygen atoms in total. The molecule has 1 saturated carbocycles. The first kappa shape index (κ1) is 15.0. The zero-order valence-corrected chi connectivity index (χ0v) is 12.4. The maximum atomic E-state index is 11.8. The van der Waals surface area contributed by atoms with E-state index in [0.29, 0.717) is 18.5 Å². The van der Waals surface area contributed by atoms with Gasteiger partial charge >= 0.3 is 0 Å². The van der Waals surface area contributed by atoms with Gasteiger partial charge < -0.3 is 10.6 Å². The molecule has 20 heavy (non-hydrogen) atoms. The summed E-state index contributed by atoms with van der Waals surface area (Å²) in [5, 5.41) is 6.30. The first-order valence-corrected chi connectivity index (χ1v) is 7.84. The predicted octanol–water partition coefficient (Wildman–Crippen LogP) is 2.83.